The lowest BCUT2D eigenvalue weighted by atomic mass is 9.88. The number of nitrogens with one attached hydrogen (secondary N) is 2. The summed E-state index contributed by atoms with van der Waals surface area (Å²) < 4.78 is 6.03. The Morgan fingerprint density at radius 1 is 1.12 bits per heavy atom. The van der Waals surface area contributed by atoms with E-state index in [4.69, 9.17) is 9.73 Å². The molecule has 6 nitrogen and oxygen atoms in total. The fraction of sp³-hybridized carbons (Fsp3) is 0.680. The van der Waals surface area contributed by atoms with Crippen molar-refractivity contribution in [1.82, 2.24) is 15.5 Å². The molecule has 1 aliphatic heterocycles. The zero-order chi connectivity index (χ0) is 21.5. The third kappa shape index (κ3) is 7.25. The first kappa shape index (κ1) is 25.1. The maximum Gasteiger partial charge on any atom is 0.225 e. The van der Waals surface area contributed by atoms with Gasteiger partial charge in [-0.3, -0.25) is 4.79 Å². The topological polar surface area (TPSA) is 66.0 Å². The standard InChI is InChI=1S/C25H38N4O2.HI/c1-2-26-25(27-16-21-10-6-7-11-23(21)31-18-19-12-13-19)28-22-14-15-29(17-22)24(30)20-8-4-3-5-9-20;/h6-7,10-11,19-20,22H,2-5,8-9,12-18H2,1H3,(H2,26,27,28);1H. The van der Waals surface area contributed by atoms with Crippen molar-refractivity contribution < 1.29 is 9.53 Å². The van der Waals surface area contributed by atoms with E-state index in [0.717, 1.165) is 68.7 Å². The van der Waals surface area contributed by atoms with Crippen molar-refractivity contribution in [1.29, 1.82) is 0 Å². The average Bonchev–Trinajstić information content (AvgIpc) is 3.53. The van der Waals surface area contributed by atoms with Gasteiger partial charge in [-0.2, -0.15) is 0 Å². The summed E-state index contributed by atoms with van der Waals surface area (Å²) in [6, 6.07) is 8.46. The molecule has 2 N–H and O–H groups in total. The van der Waals surface area contributed by atoms with Crippen LogP contribution in [-0.2, 0) is 11.3 Å². The van der Waals surface area contributed by atoms with E-state index < -0.39 is 0 Å². The van der Waals surface area contributed by atoms with Crippen LogP contribution in [0.5, 0.6) is 5.75 Å². The lowest BCUT2D eigenvalue weighted by Gasteiger charge is -2.26. The molecule has 2 saturated carbocycles. The number of hydrogen-bond acceptors (Lipinski definition) is 3. The van der Waals surface area contributed by atoms with Crippen molar-refractivity contribution in [2.75, 3.05) is 26.2 Å². The van der Waals surface area contributed by atoms with Gasteiger partial charge in [0.25, 0.3) is 0 Å². The lowest BCUT2D eigenvalue weighted by Crippen LogP contribution is -2.45. The molecule has 1 heterocycles. The van der Waals surface area contributed by atoms with Crippen LogP contribution in [0, 0.1) is 11.8 Å². The van der Waals surface area contributed by atoms with E-state index in [2.05, 4.69) is 28.5 Å². The van der Waals surface area contributed by atoms with Gasteiger partial charge in [0.15, 0.2) is 5.96 Å². The van der Waals surface area contributed by atoms with E-state index in [9.17, 15) is 4.79 Å². The van der Waals surface area contributed by atoms with Crippen molar-refractivity contribution in [3.8, 4) is 5.75 Å². The number of nitrogens with zero attached hydrogens (tertiary/aromatic N) is 2. The summed E-state index contributed by atoms with van der Waals surface area (Å²) in [5.41, 5.74) is 1.11. The molecular formula is C25H39IN4O2. The molecule has 2 aliphatic carbocycles. The number of guanidine groups is 1. The average molecular weight is 555 g/mol. The number of hydrogen-bond donors (Lipinski definition) is 2. The Labute approximate surface area is 210 Å². The van der Waals surface area contributed by atoms with Crippen LogP contribution >= 0.6 is 24.0 Å². The third-order valence-electron chi connectivity index (χ3n) is 6.69. The predicted molar refractivity (Wildman–Crippen MR) is 140 cm³/mol. The van der Waals surface area contributed by atoms with E-state index >= 15 is 0 Å². The van der Waals surface area contributed by atoms with E-state index in [0.29, 0.717) is 12.5 Å². The fourth-order valence-corrected chi connectivity index (χ4v) is 4.63. The highest BCUT2D eigenvalue weighted by atomic mass is 127. The second kappa shape index (κ2) is 12.7. The van der Waals surface area contributed by atoms with Gasteiger partial charge in [-0.15, -0.1) is 24.0 Å². The Morgan fingerprint density at radius 3 is 2.66 bits per heavy atom. The molecule has 0 radical (unpaired) electrons. The van der Waals surface area contributed by atoms with Gasteiger partial charge < -0.3 is 20.3 Å². The highest BCUT2D eigenvalue weighted by Crippen LogP contribution is 2.30. The van der Waals surface area contributed by atoms with Crippen molar-refractivity contribution in [3.63, 3.8) is 0 Å². The fourth-order valence-electron chi connectivity index (χ4n) is 4.63. The molecule has 7 heteroatoms. The first-order chi connectivity index (χ1) is 15.2. The SMILES string of the molecule is CCNC(=NCc1ccccc1OCC1CC1)NC1CCN(C(=O)C2CCCCC2)C1.I. The quantitative estimate of drug-likeness (QED) is 0.285. The van der Waals surface area contributed by atoms with Crippen molar-refractivity contribution in [3.05, 3.63) is 29.8 Å². The van der Waals surface area contributed by atoms with Gasteiger partial charge in [0.05, 0.1) is 13.2 Å². The first-order valence-corrected chi connectivity index (χ1v) is 12.3. The van der Waals surface area contributed by atoms with Crippen molar-refractivity contribution >= 4 is 35.8 Å². The maximum atomic E-state index is 12.9. The number of carbonyl (C=O) groups excluding carboxylic acids is 1. The van der Waals surface area contributed by atoms with Gasteiger partial charge in [-0.1, -0.05) is 37.5 Å². The van der Waals surface area contributed by atoms with E-state index in [1.807, 2.05) is 18.2 Å². The summed E-state index contributed by atoms with van der Waals surface area (Å²) in [4.78, 5) is 19.7. The normalized spacial score (nSPS) is 21.7. The molecule has 1 atom stereocenters. The summed E-state index contributed by atoms with van der Waals surface area (Å²) in [5.74, 6) is 3.11. The first-order valence-electron chi connectivity index (χ1n) is 12.3. The zero-order valence-corrected chi connectivity index (χ0v) is 21.7. The predicted octanol–water partition coefficient (Wildman–Crippen LogP) is 4.33. The second-order valence-corrected chi connectivity index (χ2v) is 9.31. The molecule has 0 bridgehead atoms. The number of aliphatic imine (C=N–C) groups is 1. The van der Waals surface area contributed by atoms with Crippen LogP contribution < -0.4 is 15.4 Å². The molecule has 0 aromatic heterocycles. The number of halogens is 1. The Morgan fingerprint density at radius 2 is 1.91 bits per heavy atom. The number of carbonyl (C=O) groups is 1. The summed E-state index contributed by atoms with van der Waals surface area (Å²) in [7, 11) is 0. The summed E-state index contributed by atoms with van der Waals surface area (Å²) in [6.07, 6.45) is 9.38. The van der Waals surface area contributed by atoms with Gasteiger partial charge in [0.1, 0.15) is 5.75 Å². The van der Waals surface area contributed by atoms with Gasteiger partial charge in [-0.05, 0) is 51.0 Å². The van der Waals surface area contributed by atoms with Crippen LogP contribution in [0.1, 0.15) is 63.9 Å². The minimum Gasteiger partial charge on any atom is -0.493 e. The minimum atomic E-state index is 0. The molecule has 1 aromatic carbocycles. The van der Waals surface area contributed by atoms with Crippen LogP contribution in [0.25, 0.3) is 0 Å². The number of amides is 1. The van der Waals surface area contributed by atoms with Gasteiger partial charge >= 0.3 is 0 Å². The molecule has 3 aliphatic rings. The molecule has 3 fully saturated rings. The molecular weight excluding hydrogens is 515 g/mol. The van der Waals surface area contributed by atoms with Gasteiger partial charge in [-0.25, -0.2) is 4.99 Å². The molecule has 4 rings (SSSR count). The Hall–Kier alpha value is -1.51. The molecule has 1 saturated heterocycles. The molecule has 1 aromatic rings. The Kier molecular flexibility index (Phi) is 9.93. The van der Waals surface area contributed by atoms with Crippen LogP contribution in [0.4, 0.5) is 0 Å². The molecule has 32 heavy (non-hydrogen) atoms. The van der Waals surface area contributed by atoms with E-state index in [-0.39, 0.29) is 35.9 Å². The van der Waals surface area contributed by atoms with E-state index in [1.54, 1.807) is 0 Å². The monoisotopic (exact) mass is 554 g/mol. The third-order valence-corrected chi connectivity index (χ3v) is 6.69. The molecule has 178 valence electrons. The Bertz CT molecular complexity index is 762. The highest BCUT2D eigenvalue weighted by molar-refractivity contribution is 14.0. The van der Waals surface area contributed by atoms with Gasteiger partial charge in [0.2, 0.25) is 5.91 Å². The van der Waals surface area contributed by atoms with Crippen LogP contribution in [0.3, 0.4) is 0 Å². The summed E-state index contributed by atoms with van der Waals surface area (Å²) >= 11 is 0. The highest BCUT2D eigenvalue weighted by Gasteiger charge is 2.31. The minimum absolute atomic E-state index is 0. The van der Waals surface area contributed by atoms with Crippen LogP contribution in [0.2, 0.25) is 0 Å². The number of benzene rings is 1. The number of rotatable bonds is 8. The van der Waals surface area contributed by atoms with E-state index in [1.165, 1.54) is 32.1 Å². The second-order valence-electron chi connectivity index (χ2n) is 9.31. The molecule has 0 spiro atoms. The van der Waals surface area contributed by atoms with Crippen LogP contribution in [0.15, 0.2) is 29.3 Å². The number of likely N-dealkylation sites (tertiary alicyclic amines) is 1. The smallest absolute Gasteiger partial charge is 0.225 e. The van der Waals surface area contributed by atoms with Gasteiger partial charge in [0, 0.05) is 37.2 Å². The largest absolute Gasteiger partial charge is 0.493 e. The lowest BCUT2D eigenvalue weighted by molar-refractivity contribution is -0.135. The van der Waals surface area contributed by atoms with Crippen molar-refractivity contribution in [2.24, 2.45) is 16.8 Å². The number of para-hydroxylation sites is 1. The molecule has 1 unspecified atom stereocenters. The molecule has 1 amide bonds. The summed E-state index contributed by atoms with van der Waals surface area (Å²) in [6.45, 7) is 5.91. The Balaban J connectivity index is 0.00000289. The van der Waals surface area contributed by atoms with Crippen LogP contribution in [-0.4, -0.2) is 49.0 Å². The summed E-state index contributed by atoms with van der Waals surface area (Å²) in [5, 5.41) is 6.92. The number of ether oxygens (including phenoxy) is 1. The maximum absolute atomic E-state index is 12.9. The van der Waals surface area contributed by atoms with Crippen molar-refractivity contribution in [2.45, 2.75) is 70.9 Å². The zero-order valence-electron chi connectivity index (χ0n) is 19.4.